The Kier molecular flexibility index (Phi) is 4.90. The SMILES string of the molecule is CN(C)[C@@H]1Cc2ccccc2N(C(=O)c2cc(C(N)=O)n(-c3ccccc3)n2)C1. The minimum Gasteiger partial charge on any atom is -0.364 e. The van der Waals surface area contributed by atoms with Gasteiger partial charge >= 0.3 is 0 Å². The van der Waals surface area contributed by atoms with Crippen LogP contribution in [-0.4, -0.2) is 53.2 Å². The number of anilines is 1. The standard InChI is InChI=1S/C22H23N5O2/c1-25(2)17-12-15-8-6-7-11-19(15)26(14-17)22(29)18-13-20(21(23)28)27(24-18)16-9-4-3-5-10-16/h3-11,13,17H,12,14H2,1-2H3,(H2,23,28)/t17-/m1/s1. The molecule has 2 N–H and O–H groups in total. The first kappa shape index (κ1) is 18.9. The molecule has 4 rings (SSSR count). The van der Waals surface area contributed by atoms with Crippen LogP contribution in [0.2, 0.25) is 0 Å². The second-order valence-corrected chi connectivity index (χ2v) is 7.39. The molecule has 0 radical (unpaired) electrons. The number of likely N-dealkylation sites (N-methyl/N-ethyl adjacent to an activating group) is 1. The molecule has 1 atom stereocenters. The summed E-state index contributed by atoms with van der Waals surface area (Å²) in [4.78, 5) is 29.3. The number of carbonyl (C=O) groups excluding carboxylic acids is 2. The predicted octanol–water partition coefficient (Wildman–Crippen LogP) is 2.10. The lowest BCUT2D eigenvalue weighted by molar-refractivity contribution is 0.0969. The molecule has 29 heavy (non-hydrogen) atoms. The first-order valence-electron chi connectivity index (χ1n) is 9.47. The van der Waals surface area contributed by atoms with Crippen molar-refractivity contribution in [3.8, 4) is 5.69 Å². The summed E-state index contributed by atoms with van der Waals surface area (Å²) in [5.74, 6) is -0.883. The Morgan fingerprint density at radius 2 is 1.76 bits per heavy atom. The predicted molar refractivity (Wildman–Crippen MR) is 111 cm³/mol. The highest BCUT2D eigenvalue weighted by atomic mass is 16.2. The lowest BCUT2D eigenvalue weighted by Gasteiger charge is -2.37. The molecule has 0 saturated heterocycles. The van der Waals surface area contributed by atoms with Gasteiger partial charge in [0.25, 0.3) is 11.8 Å². The van der Waals surface area contributed by atoms with E-state index in [2.05, 4.69) is 10.00 Å². The van der Waals surface area contributed by atoms with Crippen LogP contribution in [0, 0.1) is 0 Å². The summed E-state index contributed by atoms with van der Waals surface area (Å²) in [6.45, 7) is 0.549. The fourth-order valence-corrected chi connectivity index (χ4v) is 3.68. The molecule has 2 aromatic carbocycles. The van der Waals surface area contributed by atoms with E-state index in [-0.39, 0.29) is 23.3 Å². The number of hydrogen-bond donors (Lipinski definition) is 1. The monoisotopic (exact) mass is 389 g/mol. The van der Waals surface area contributed by atoms with Gasteiger partial charge in [0, 0.05) is 24.3 Å². The molecule has 0 bridgehead atoms. The first-order valence-corrected chi connectivity index (χ1v) is 9.47. The fourth-order valence-electron chi connectivity index (χ4n) is 3.68. The number of primary amides is 1. The molecule has 2 heterocycles. The summed E-state index contributed by atoms with van der Waals surface area (Å²) in [6.07, 6.45) is 0.873. The highest BCUT2D eigenvalue weighted by Gasteiger charge is 2.32. The summed E-state index contributed by atoms with van der Waals surface area (Å²) in [6, 6.07) is 18.7. The Balaban J connectivity index is 1.76. The van der Waals surface area contributed by atoms with Crippen LogP contribution in [0.1, 0.15) is 26.5 Å². The molecule has 7 heteroatoms. The van der Waals surface area contributed by atoms with Crippen LogP contribution in [0.25, 0.3) is 5.69 Å². The van der Waals surface area contributed by atoms with Gasteiger partial charge in [-0.15, -0.1) is 0 Å². The maximum absolute atomic E-state index is 13.4. The van der Waals surface area contributed by atoms with E-state index in [1.165, 1.54) is 10.7 Å². The van der Waals surface area contributed by atoms with Crippen molar-refractivity contribution in [3.05, 3.63) is 77.6 Å². The number of nitrogens with two attached hydrogens (primary N) is 1. The third-order valence-corrected chi connectivity index (χ3v) is 5.29. The normalized spacial score (nSPS) is 16.0. The number of amides is 2. The van der Waals surface area contributed by atoms with Crippen LogP contribution in [0.4, 0.5) is 5.69 Å². The molecule has 0 unspecified atom stereocenters. The second-order valence-electron chi connectivity index (χ2n) is 7.39. The van der Waals surface area contributed by atoms with Crippen molar-refractivity contribution in [1.82, 2.24) is 14.7 Å². The van der Waals surface area contributed by atoms with Crippen molar-refractivity contribution in [2.75, 3.05) is 25.5 Å². The van der Waals surface area contributed by atoms with Gasteiger partial charge in [-0.25, -0.2) is 4.68 Å². The molecule has 0 aliphatic carbocycles. The Morgan fingerprint density at radius 3 is 2.45 bits per heavy atom. The maximum atomic E-state index is 13.4. The fraction of sp³-hybridized carbons (Fsp3) is 0.227. The largest absolute Gasteiger partial charge is 0.364 e. The van der Waals surface area contributed by atoms with Gasteiger partial charge < -0.3 is 15.5 Å². The number of carbonyl (C=O) groups is 2. The van der Waals surface area contributed by atoms with Gasteiger partial charge in [0.2, 0.25) is 0 Å². The Labute approximate surface area is 169 Å². The minimum atomic E-state index is -0.634. The van der Waals surface area contributed by atoms with E-state index in [9.17, 15) is 9.59 Å². The van der Waals surface area contributed by atoms with Crippen molar-refractivity contribution in [2.45, 2.75) is 12.5 Å². The number of rotatable bonds is 4. The molecule has 0 saturated carbocycles. The van der Waals surface area contributed by atoms with Gasteiger partial charge in [-0.3, -0.25) is 9.59 Å². The molecule has 1 aliphatic rings. The maximum Gasteiger partial charge on any atom is 0.278 e. The van der Waals surface area contributed by atoms with Crippen LogP contribution < -0.4 is 10.6 Å². The summed E-state index contributed by atoms with van der Waals surface area (Å²) in [7, 11) is 4.02. The molecular formula is C22H23N5O2. The molecular weight excluding hydrogens is 366 g/mol. The number of benzene rings is 2. The molecule has 0 spiro atoms. The minimum absolute atomic E-state index is 0.175. The number of nitrogens with zero attached hydrogens (tertiary/aromatic N) is 4. The van der Waals surface area contributed by atoms with Crippen molar-refractivity contribution in [2.24, 2.45) is 5.73 Å². The zero-order chi connectivity index (χ0) is 20.5. The lowest BCUT2D eigenvalue weighted by atomic mass is 9.97. The third kappa shape index (κ3) is 3.52. The first-order chi connectivity index (χ1) is 14.0. The zero-order valence-electron chi connectivity index (χ0n) is 16.4. The highest BCUT2D eigenvalue weighted by molar-refractivity contribution is 6.07. The van der Waals surface area contributed by atoms with Crippen LogP contribution >= 0.6 is 0 Å². The number of fused-ring (bicyclic) bond motifs is 1. The number of hydrogen-bond acceptors (Lipinski definition) is 4. The second kappa shape index (κ2) is 7.52. The molecule has 3 aromatic rings. The van der Waals surface area contributed by atoms with Crippen LogP contribution in [0.3, 0.4) is 0 Å². The van der Waals surface area contributed by atoms with Gasteiger partial charge in [-0.1, -0.05) is 36.4 Å². The van der Waals surface area contributed by atoms with Gasteiger partial charge in [-0.2, -0.15) is 5.10 Å². The quantitative estimate of drug-likeness (QED) is 0.741. The van der Waals surface area contributed by atoms with E-state index >= 15 is 0 Å². The van der Waals surface area contributed by atoms with Crippen LogP contribution in [0.15, 0.2) is 60.7 Å². The molecule has 1 aromatic heterocycles. The van der Waals surface area contributed by atoms with E-state index in [0.717, 1.165) is 17.7 Å². The molecule has 7 nitrogen and oxygen atoms in total. The van der Waals surface area contributed by atoms with Gasteiger partial charge in [0.05, 0.1) is 5.69 Å². The average Bonchev–Trinajstić information content (AvgIpc) is 3.19. The van der Waals surface area contributed by atoms with E-state index < -0.39 is 5.91 Å². The summed E-state index contributed by atoms with van der Waals surface area (Å²) >= 11 is 0. The van der Waals surface area contributed by atoms with Gasteiger partial charge in [0.1, 0.15) is 5.69 Å². The van der Waals surface area contributed by atoms with Crippen molar-refractivity contribution in [1.29, 1.82) is 0 Å². The number of para-hydroxylation sites is 2. The van der Waals surface area contributed by atoms with Crippen molar-refractivity contribution in [3.63, 3.8) is 0 Å². The van der Waals surface area contributed by atoms with E-state index in [1.54, 1.807) is 4.90 Å². The van der Waals surface area contributed by atoms with E-state index in [1.807, 2.05) is 68.7 Å². The number of aromatic nitrogens is 2. The Morgan fingerprint density at radius 1 is 1.07 bits per heavy atom. The Bertz CT molecular complexity index is 1060. The third-order valence-electron chi connectivity index (χ3n) is 5.29. The Hall–Kier alpha value is -3.45. The van der Waals surface area contributed by atoms with E-state index in [0.29, 0.717) is 12.2 Å². The van der Waals surface area contributed by atoms with Crippen molar-refractivity contribution >= 4 is 17.5 Å². The van der Waals surface area contributed by atoms with E-state index in [4.69, 9.17) is 5.73 Å². The molecule has 1 aliphatic heterocycles. The molecule has 148 valence electrons. The van der Waals surface area contributed by atoms with Crippen molar-refractivity contribution < 1.29 is 9.59 Å². The van der Waals surface area contributed by atoms with Crippen LogP contribution in [0.5, 0.6) is 0 Å². The topological polar surface area (TPSA) is 84.5 Å². The van der Waals surface area contributed by atoms with Crippen LogP contribution in [-0.2, 0) is 6.42 Å². The summed E-state index contributed by atoms with van der Waals surface area (Å²) in [5.41, 5.74) is 8.58. The highest BCUT2D eigenvalue weighted by Crippen LogP contribution is 2.29. The van der Waals surface area contributed by atoms with Gasteiger partial charge in [0.15, 0.2) is 5.69 Å². The zero-order valence-corrected chi connectivity index (χ0v) is 16.4. The van der Waals surface area contributed by atoms with Gasteiger partial charge in [-0.05, 0) is 44.3 Å². The smallest absolute Gasteiger partial charge is 0.278 e. The lowest BCUT2D eigenvalue weighted by Crippen LogP contribution is -2.48. The average molecular weight is 389 g/mol. The summed E-state index contributed by atoms with van der Waals surface area (Å²) in [5, 5.41) is 4.43. The summed E-state index contributed by atoms with van der Waals surface area (Å²) < 4.78 is 1.43. The molecule has 0 fully saturated rings. The molecule has 2 amide bonds.